The number of nitrogens with zero attached hydrogens (tertiary/aromatic N) is 2. The zero-order valence-electron chi connectivity index (χ0n) is 13.7. The summed E-state index contributed by atoms with van der Waals surface area (Å²) in [6.07, 6.45) is 3.01. The van der Waals surface area contributed by atoms with Crippen molar-refractivity contribution in [1.29, 1.82) is 0 Å². The Bertz CT molecular complexity index is 862. The molecule has 0 atom stereocenters. The maximum Gasteiger partial charge on any atom is 0.258 e. The molecule has 0 bridgehead atoms. The Morgan fingerprint density at radius 1 is 1.12 bits per heavy atom. The Morgan fingerprint density at radius 3 is 2.56 bits per heavy atom. The molecular formula is C18H18FN3O3. The van der Waals surface area contributed by atoms with Crippen molar-refractivity contribution in [3.05, 3.63) is 60.3 Å². The third-order valence-electron chi connectivity index (χ3n) is 3.44. The number of ether oxygens (including phenoxy) is 2. The molecule has 0 aliphatic heterocycles. The first kappa shape index (κ1) is 16.8. The first-order chi connectivity index (χ1) is 12.1. The van der Waals surface area contributed by atoms with Gasteiger partial charge in [0.1, 0.15) is 23.0 Å². The van der Waals surface area contributed by atoms with Crippen LogP contribution in [0.2, 0.25) is 0 Å². The van der Waals surface area contributed by atoms with Gasteiger partial charge in [0.25, 0.3) is 5.91 Å². The third-order valence-corrected chi connectivity index (χ3v) is 3.44. The fourth-order valence-electron chi connectivity index (χ4n) is 2.29. The van der Waals surface area contributed by atoms with Gasteiger partial charge >= 0.3 is 0 Å². The Labute approximate surface area is 144 Å². The summed E-state index contributed by atoms with van der Waals surface area (Å²) in [6, 6.07) is 9.98. The van der Waals surface area contributed by atoms with Crippen molar-refractivity contribution >= 4 is 11.6 Å². The fraction of sp³-hybridized carbons (Fsp3) is 0.222. The van der Waals surface area contributed by atoms with Crippen molar-refractivity contribution < 1.29 is 18.7 Å². The van der Waals surface area contributed by atoms with Crippen LogP contribution in [-0.2, 0) is 11.3 Å². The summed E-state index contributed by atoms with van der Waals surface area (Å²) in [5.74, 6) is 0.728. The van der Waals surface area contributed by atoms with Crippen molar-refractivity contribution in [2.75, 3.05) is 13.2 Å². The van der Waals surface area contributed by atoms with E-state index >= 15 is 0 Å². The molecule has 3 aromatic rings. The summed E-state index contributed by atoms with van der Waals surface area (Å²) in [5.41, 5.74) is 1.26. The number of halogens is 1. The van der Waals surface area contributed by atoms with Crippen molar-refractivity contribution in [1.82, 2.24) is 14.7 Å². The van der Waals surface area contributed by atoms with E-state index in [9.17, 15) is 9.18 Å². The van der Waals surface area contributed by atoms with Gasteiger partial charge < -0.3 is 19.2 Å². The normalized spacial score (nSPS) is 10.6. The molecule has 3 rings (SSSR count). The lowest BCUT2D eigenvalue weighted by molar-refractivity contribution is -0.123. The number of rotatable bonds is 7. The number of carbonyl (C=O) groups is 1. The molecule has 0 fully saturated rings. The first-order valence-corrected chi connectivity index (χ1v) is 7.89. The number of benzene rings is 1. The molecule has 2 heterocycles. The van der Waals surface area contributed by atoms with Crippen LogP contribution < -0.4 is 14.8 Å². The lowest BCUT2D eigenvalue weighted by Gasteiger charge is -2.08. The topological polar surface area (TPSA) is 64.9 Å². The van der Waals surface area contributed by atoms with Gasteiger partial charge in [-0.1, -0.05) is 0 Å². The minimum Gasteiger partial charge on any atom is -0.494 e. The minimum absolute atomic E-state index is 0.101. The molecule has 1 N–H and O–H groups in total. The maximum atomic E-state index is 13.1. The quantitative estimate of drug-likeness (QED) is 0.716. The highest BCUT2D eigenvalue weighted by Crippen LogP contribution is 2.17. The smallest absolute Gasteiger partial charge is 0.258 e. The van der Waals surface area contributed by atoms with E-state index in [4.69, 9.17) is 9.47 Å². The first-order valence-electron chi connectivity index (χ1n) is 7.89. The number of hydrogen-bond donors (Lipinski definition) is 1. The van der Waals surface area contributed by atoms with E-state index in [-0.39, 0.29) is 24.9 Å². The van der Waals surface area contributed by atoms with Gasteiger partial charge in [-0.05, 0) is 43.3 Å². The average Bonchev–Trinajstić information content (AvgIpc) is 3.01. The van der Waals surface area contributed by atoms with Gasteiger partial charge in [0, 0.05) is 12.4 Å². The van der Waals surface area contributed by atoms with Crippen molar-refractivity contribution in [2.24, 2.45) is 0 Å². The second-order valence-electron chi connectivity index (χ2n) is 5.31. The van der Waals surface area contributed by atoms with Crippen molar-refractivity contribution in [2.45, 2.75) is 13.5 Å². The highest BCUT2D eigenvalue weighted by molar-refractivity contribution is 5.77. The van der Waals surface area contributed by atoms with E-state index in [1.54, 1.807) is 40.9 Å². The number of carbonyl (C=O) groups excluding carboxylic acids is 1. The van der Waals surface area contributed by atoms with Crippen LogP contribution in [-0.4, -0.2) is 28.5 Å². The van der Waals surface area contributed by atoms with E-state index in [1.807, 2.05) is 6.92 Å². The average molecular weight is 343 g/mol. The third kappa shape index (κ3) is 4.47. The van der Waals surface area contributed by atoms with Crippen LogP contribution in [0.3, 0.4) is 0 Å². The molecule has 130 valence electrons. The Morgan fingerprint density at radius 2 is 1.84 bits per heavy atom. The van der Waals surface area contributed by atoms with E-state index in [0.29, 0.717) is 23.7 Å². The Kier molecular flexibility index (Phi) is 5.13. The second kappa shape index (κ2) is 7.65. The number of amides is 1. The largest absolute Gasteiger partial charge is 0.494 e. The van der Waals surface area contributed by atoms with Gasteiger partial charge in [0.15, 0.2) is 6.61 Å². The number of imidazole rings is 1. The molecule has 25 heavy (non-hydrogen) atoms. The zero-order chi connectivity index (χ0) is 17.6. The molecule has 1 amide bonds. The van der Waals surface area contributed by atoms with E-state index in [2.05, 4.69) is 10.3 Å². The van der Waals surface area contributed by atoms with Crippen LogP contribution in [0.25, 0.3) is 5.65 Å². The summed E-state index contributed by atoms with van der Waals surface area (Å²) >= 11 is 0. The number of fused-ring (bicyclic) bond motifs is 1. The second-order valence-corrected chi connectivity index (χ2v) is 5.31. The number of pyridine rings is 1. The van der Waals surface area contributed by atoms with E-state index in [0.717, 1.165) is 5.75 Å². The number of nitrogens with one attached hydrogen (secondary N) is 1. The van der Waals surface area contributed by atoms with Gasteiger partial charge in [-0.25, -0.2) is 9.37 Å². The molecule has 6 nitrogen and oxygen atoms in total. The molecule has 0 saturated heterocycles. The molecular weight excluding hydrogens is 325 g/mol. The van der Waals surface area contributed by atoms with Crippen LogP contribution in [0, 0.1) is 5.82 Å². The SMILES string of the molecule is CCOc1ccc(OCC(=O)NCc2cn3cc(F)ccc3n2)cc1. The maximum absolute atomic E-state index is 13.1. The van der Waals surface area contributed by atoms with Crippen LogP contribution in [0.5, 0.6) is 11.5 Å². The van der Waals surface area contributed by atoms with Crippen LogP contribution >= 0.6 is 0 Å². The lowest BCUT2D eigenvalue weighted by atomic mass is 10.3. The van der Waals surface area contributed by atoms with Gasteiger partial charge in [0.05, 0.1) is 18.8 Å². The monoisotopic (exact) mass is 343 g/mol. The molecule has 1 aromatic carbocycles. The predicted octanol–water partition coefficient (Wildman–Crippen LogP) is 2.57. The molecule has 7 heteroatoms. The fourth-order valence-corrected chi connectivity index (χ4v) is 2.29. The number of hydrogen-bond acceptors (Lipinski definition) is 4. The van der Waals surface area contributed by atoms with Gasteiger partial charge in [-0.15, -0.1) is 0 Å². The minimum atomic E-state index is -0.343. The van der Waals surface area contributed by atoms with Crippen LogP contribution in [0.4, 0.5) is 4.39 Å². The highest BCUT2D eigenvalue weighted by Gasteiger charge is 2.06. The molecule has 0 saturated carbocycles. The van der Waals surface area contributed by atoms with Gasteiger partial charge in [-0.3, -0.25) is 4.79 Å². The van der Waals surface area contributed by atoms with Gasteiger partial charge in [0.2, 0.25) is 0 Å². The Hall–Kier alpha value is -3.09. The lowest BCUT2D eigenvalue weighted by Crippen LogP contribution is -2.28. The summed E-state index contributed by atoms with van der Waals surface area (Å²) < 4.78 is 25.5. The molecule has 2 aromatic heterocycles. The van der Waals surface area contributed by atoms with Crippen LogP contribution in [0.1, 0.15) is 12.6 Å². The Balaban J connectivity index is 1.48. The summed E-state index contributed by atoms with van der Waals surface area (Å²) in [6.45, 7) is 2.65. The zero-order valence-corrected chi connectivity index (χ0v) is 13.7. The van der Waals surface area contributed by atoms with E-state index in [1.165, 1.54) is 12.3 Å². The molecule has 0 radical (unpaired) electrons. The highest BCUT2D eigenvalue weighted by atomic mass is 19.1. The molecule has 0 spiro atoms. The number of aromatic nitrogens is 2. The van der Waals surface area contributed by atoms with Crippen molar-refractivity contribution in [3.8, 4) is 11.5 Å². The molecule has 0 aliphatic carbocycles. The van der Waals surface area contributed by atoms with Crippen LogP contribution in [0.15, 0.2) is 48.8 Å². The molecule has 0 aliphatic rings. The van der Waals surface area contributed by atoms with Crippen molar-refractivity contribution in [3.63, 3.8) is 0 Å². The van der Waals surface area contributed by atoms with E-state index < -0.39 is 0 Å². The summed E-state index contributed by atoms with van der Waals surface area (Å²) in [4.78, 5) is 16.2. The summed E-state index contributed by atoms with van der Waals surface area (Å²) in [7, 11) is 0. The standard InChI is InChI=1S/C18H18FN3O3/c1-2-24-15-4-6-16(7-5-15)25-12-18(23)20-9-14-11-22-10-13(19)3-8-17(22)21-14/h3-8,10-11H,2,9,12H2,1H3,(H,20,23). The summed E-state index contributed by atoms with van der Waals surface area (Å²) in [5, 5.41) is 2.72. The molecule has 0 unspecified atom stereocenters. The van der Waals surface area contributed by atoms with Gasteiger partial charge in [-0.2, -0.15) is 0 Å². The predicted molar refractivity (Wildman–Crippen MR) is 90.1 cm³/mol.